The highest BCUT2D eigenvalue weighted by molar-refractivity contribution is 5.27. The zero-order valence-electron chi connectivity index (χ0n) is 11.4. The van der Waals surface area contributed by atoms with Gasteiger partial charge in [-0.1, -0.05) is 12.1 Å². The van der Waals surface area contributed by atoms with Crippen LogP contribution in [0.4, 0.5) is 0 Å². The molecule has 1 aromatic carbocycles. The first-order chi connectivity index (χ1) is 9.40. The summed E-state index contributed by atoms with van der Waals surface area (Å²) in [6.45, 7) is 3.91. The van der Waals surface area contributed by atoms with Crippen LogP contribution in [0.3, 0.4) is 0 Å². The fourth-order valence-corrected chi connectivity index (χ4v) is 2.92. The summed E-state index contributed by atoms with van der Waals surface area (Å²) < 4.78 is 11.2. The van der Waals surface area contributed by atoms with Crippen molar-refractivity contribution < 1.29 is 9.47 Å². The fraction of sp³-hybridized carbons (Fsp3) is 0.625. The van der Waals surface area contributed by atoms with E-state index in [2.05, 4.69) is 29.6 Å². The maximum Gasteiger partial charge on any atom is 0.124 e. The molecule has 0 radical (unpaired) electrons. The number of hydrogen-bond donors (Lipinski definition) is 1. The highest BCUT2D eigenvalue weighted by Gasteiger charge is 2.17. The van der Waals surface area contributed by atoms with E-state index in [1.165, 1.54) is 37.9 Å². The molecule has 3 rings (SSSR count). The van der Waals surface area contributed by atoms with E-state index in [9.17, 15) is 0 Å². The summed E-state index contributed by atoms with van der Waals surface area (Å²) >= 11 is 0. The van der Waals surface area contributed by atoms with Crippen LogP contribution in [0.1, 0.15) is 24.8 Å². The molecule has 2 saturated heterocycles. The van der Waals surface area contributed by atoms with Crippen LogP contribution in [0.25, 0.3) is 0 Å². The van der Waals surface area contributed by atoms with E-state index in [0.717, 1.165) is 31.3 Å². The van der Waals surface area contributed by atoms with Crippen molar-refractivity contribution in [2.75, 3.05) is 26.3 Å². The Hall–Kier alpha value is -1.06. The van der Waals surface area contributed by atoms with Crippen LogP contribution in [-0.4, -0.2) is 32.4 Å². The minimum absolute atomic E-state index is 0.246. The third-order valence-electron chi connectivity index (χ3n) is 4.10. The van der Waals surface area contributed by atoms with Crippen molar-refractivity contribution in [3.63, 3.8) is 0 Å². The second kappa shape index (κ2) is 6.40. The lowest BCUT2D eigenvalue weighted by Gasteiger charge is -2.22. The molecular formula is C16H23NO2. The predicted octanol–water partition coefficient (Wildman–Crippen LogP) is 2.40. The molecule has 2 heterocycles. The van der Waals surface area contributed by atoms with Gasteiger partial charge in [0.1, 0.15) is 11.9 Å². The van der Waals surface area contributed by atoms with Crippen molar-refractivity contribution in [3.05, 3.63) is 29.8 Å². The first-order valence-corrected chi connectivity index (χ1v) is 7.44. The molecule has 19 heavy (non-hydrogen) atoms. The van der Waals surface area contributed by atoms with Crippen molar-refractivity contribution >= 4 is 0 Å². The number of piperidine rings is 1. The molecule has 1 aromatic rings. The van der Waals surface area contributed by atoms with Gasteiger partial charge in [0.25, 0.3) is 0 Å². The summed E-state index contributed by atoms with van der Waals surface area (Å²) in [6, 6.07) is 8.64. The molecule has 104 valence electrons. The Balaban J connectivity index is 1.52. The average Bonchev–Trinajstić information content (AvgIpc) is 2.95. The van der Waals surface area contributed by atoms with Gasteiger partial charge in [-0.3, -0.25) is 0 Å². The van der Waals surface area contributed by atoms with Crippen LogP contribution >= 0.6 is 0 Å². The lowest BCUT2D eigenvalue weighted by atomic mass is 9.91. The first kappa shape index (κ1) is 12.9. The lowest BCUT2D eigenvalue weighted by Crippen LogP contribution is -2.28. The van der Waals surface area contributed by atoms with Crippen LogP contribution in [-0.2, 0) is 11.2 Å². The Labute approximate surface area is 115 Å². The summed E-state index contributed by atoms with van der Waals surface area (Å²) in [6.07, 6.45) is 5.07. The van der Waals surface area contributed by atoms with Gasteiger partial charge in [-0.25, -0.2) is 0 Å². The van der Waals surface area contributed by atoms with Gasteiger partial charge in [-0.2, -0.15) is 0 Å². The molecule has 1 N–H and O–H groups in total. The zero-order valence-corrected chi connectivity index (χ0v) is 11.4. The number of benzene rings is 1. The van der Waals surface area contributed by atoms with Crippen molar-refractivity contribution in [2.24, 2.45) is 5.92 Å². The molecule has 3 heteroatoms. The smallest absolute Gasteiger partial charge is 0.124 e. The standard InChI is InChI=1S/C16H23NO2/c1-3-15(19-16-7-10-18-12-16)4-2-13(1)11-14-5-8-17-9-6-14/h1-4,14,16-17H,5-12H2. The summed E-state index contributed by atoms with van der Waals surface area (Å²) in [5.74, 6) is 1.82. The van der Waals surface area contributed by atoms with E-state index >= 15 is 0 Å². The zero-order chi connectivity index (χ0) is 12.9. The fourth-order valence-electron chi connectivity index (χ4n) is 2.92. The largest absolute Gasteiger partial charge is 0.488 e. The molecule has 3 nitrogen and oxygen atoms in total. The van der Waals surface area contributed by atoms with Crippen molar-refractivity contribution in [1.82, 2.24) is 5.32 Å². The van der Waals surface area contributed by atoms with E-state index in [4.69, 9.17) is 9.47 Å². The minimum Gasteiger partial charge on any atom is -0.488 e. The molecule has 0 bridgehead atoms. The molecule has 2 fully saturated rings. The predicted molar refractivity (Wildman–Crippen MR) is 75.6 cm³/mol. The Morgan fingerprint density at radius 3 is 2.58 bits per heavy atom. The Bertz CT molecular complexity index is 378. The van der Waals surface area contributed by atoms with Crippen molar-refractivity contribution in [1.29, 1.82) is 0 Å². The van der Waals surface area contributed by atoms with Gasteiger partial charge in [0.15, 0.2) is 0 Å². The normalized spacial score (nSPS) is 24.5. The molecule has 0 aliphatic carbocycles. The molecule has 2 aliphatic rings. The number of hydrogen-bond acceptors (Lipinski definition) is 3. The highest BCUT2D eigenvalue weighted by Crippen LogP contribution is 2.21. The summed E-state index contributed by atoms with van der Waals surface area (Å²) in [4.78, 5) is 0. The molecule has 0 aromatic heterocycles. The molecule has 0 amide bonds. The van der Waals surface area contributed by atoms with Gasteiger partial charge in [0.2, 0.25) is 0 Å². The van der Waals surface area contributed by atoms with E-state index in [1.807, 2.05) is 0 Å². The van der Waals surface area contributed by atoms with E-state index in [1.54, 1.807) is 0 Å². The van der Waals surface area contributed by atoms with Gasteiger partial charge in [-0.05, 0) is 56.0 Å². The van der Waals surface area contributed by atoms with Crippen LogP contribution in [0.5, 0.6) is 5.75 Å². The van der Waals surface area contributed by atoms with E-state index in [0.29, 0.717) is 0 Å². The van der Waals surface area contributed by atoms with Crippen LogP contribution < -0.4 is 10.1 Å². The lowest BCUT2D eigenvalue weighted by molar-refractivity contribution is 0.141. The van der Waals surface area contributed by atoms with Crippen LogP contribution in [0.15, 0.2) is 24.3 Å². The maximum absolute atomic E-state index is 5.89. The Morgan fingerprint density at radius 2 is 1.89 bits per heavy atom. The van der Waals surface area contributed by atoms with E-state index < -0.39 is 0 Å². The number of ether oxygens (including phenoxy) is 2. The quantitative estimate of drug-likeness (QED) is 0.903. The van der Waals surface area contributed by atoms with E-state index in [-0.39, 0.29) is 6.10 Å². The Morgan fingerprint density at radius 1 is 1.11 bits per heavy atom. The highest BCUT2D eigenvalue weighted by atomic mass is 16.5. The third-order valence-corrected chi connectivity index (χ3v) is 4.10. The molecule has 2 aliphatic heterocycles. The second-order valence-corrected chi connectivity index (χ2v) is 5.64. The van der Waals surface area contributed by atoms with Gasteiger partial charge in [0.05, 0.1) is 13.2 Å². The van der Waals surface area contributed by atoms with Crippen molar-refractivity contribution in [2.45, 2.75) is 31.8 Å². The van der Waals surface area contributed by atoms with Gasteiger partial charge in [0, 0.05) is 6.42 Å². The molecule has 0 saturated carbocycles. The van der Waals surface area contributed by atoms with Gasteiger partial charge in [-0.15, -0.1) is 0 Å². The van der Waals surface area contributed by atoms with Gasteiger partial charge < -0.3 is 14.8 Å². The number of rotatable bonds is 4. The average molecular weight is 261 g/mol. The van der Waals surface area contributed by atoms with Gasteiger partial charge >= 0.3 is 0 Å². The SMILES string of the molecule is c1cc(OC2CCOC2)ccc1CC1CCNCC1. The second-order valence-electron chi connectivity index (χ2n) is 5.64. The minimum atomic E-state index is 0.246. The number of nitrogens with one attached hydrogen (secondary N) is 1. The molecular weight excluding hydrogens is 238 g/mol. The summed E-state index contributed by atoms with van der Waals surface area (Å²) in [5, 5.41) is 3.42. The molecule has 1 atom stereocenters. The molecule has 1 unspecified atom stereocenters. The summed E-state index contributed by atoms with van der Waals surface area (Å²) in [7, 11) is 0. The topological polar surface area (TPSA) is 30.5 Å². The van der Waals surface area contributed by atoms with Crippen molar-refractivity contribution in [3.8, 4) is 5.75 Å². The molecule has 0 spiro atoms. The van der Waals surface area contributed by atoms with Crippen LogP contribution in [0, 0.1) is 5.92 Å². The Kier molecular flexibility index (Phi) is 4.36. The maximum atomic E-state index is 5.89. The third kappa shape index (κ3) is 3.71. The summed E-state index contributed by atoms with van der Waals surface area (Å²) in [5.41, 5.74) is 1.43. The monoisotopic (exact) mass is 261 g/mol. The first-order valence-electron chi connectivity index (χ1n) is 7.44. The van der Waals surface area contributed by atoms with Crippen LogP contribution in [0.2, 0.25) is 0 Å².